The predicted molar refractivity (Wildman–Crippen MR) is 125 cm³/mol. The molecule has 9 heteroatoms. The molecule has 0 atom stereocenters. The average Bonchev–Trinajstić information content (AvgIpc) is 3.52. The van der Waals surface area contributed by atoms with Crippen molar-refractivity contribution in [2.24, 2.45) is 0 Å². The molecule has 3 aromatic rings. The molecule has 1 fully saturated rings. The topological polar surface area (TPSA) is 69.1 Å². The van der Waals surface area contributed by atoms with E-state index in [4.69, 9.17) is 14.2 Å². The van der Waals surface area contributed by atoms with Crippen LogP contribution in [0.5, 0.6) is 17.2 Å². The van der Waals surface area contributed by atoms with Gasteiger partial charge in [0.15, 0.2) is 16.7 Å². The number of thioether (sulfide) groups is 1. The van der Waals surface area contributed by atoms with Crippen molar-refractivity contribution in [2.45, 2.75) is 11.7 Å². The van der Waals surface area contributed by atoms with Gasteiger partial charge in [-0.25, -0.2) is 4.98 Å². The summed E-state index contributed by atoms with van der Waals surface area (Å²) >= 11 is 1.47. The van der Waals surface area contributed by atoms with Gasteiger partial charge in [-0.2, -0.15) is 0 Å². The Bertz CT molecular complexity index is 1110. The zero-order chi connectivity index (χ0) is 22.6. The summed E-state index contributed by atoms with van der Waals surface area (Å²) in [5.41, 5.74) is 2.18. The van der Waals surface area contributed by atoms with Crippen molar-refractivity contribution in [1.82, 2.24) is 19.4 Å². The SMILES string of the molecule is COc1ccc(-n2ccnc2SCC(=O)N2CCN(Cc3ccc4c(c3)OCO4)CC2)cc1. The van der Waals surface area contributed by atoms with E-state index in [1.54, 1.807) is 13.3 Å². The second-order valence-corrected chi connectivity index (χ2v) is 8.85. The van der Waals surface area contributed by atoms with Gasteiger partial charge in [0.2, 0.25) is 12.7 Å². The number of methoxy groups -OCH3 is 1. The van der Waals surface area contributed by atoms with Crippen LogP contribution in [0.4, 0.5) is 0 Å². The van der Waals surface area contributed by atoms with Gasteiger partial charge in [0.25, 0.3) is 0 Å². The van der Waals surface area contributed by atoms with Gasteiger partial charge >= 0.3 is 0 Å². The third-order valence-electron chi connectivity index (χ3n) is 5.85. The summed E-state index contributed by atoms with van der Waals surface area (Å²) in [6.07, 6.45) is 3.66. The average molecular weight is 467 g/mol. The molecule has 0 saturated carbocycles. The molecule has 33 heavy (non-hydrogen) atoms. The number of carbonyl (C=O) groups is 1. The first-order chi connectivity index (χ1) is 16.2. The summed E-state index contributed by atoms with van der Waals surface area (Å²) in [6.45, 7) is 4.30. The lowest BCUT2D eigenvalue weighted by Gasteiger charge is -2.34. The molecule has 0 unspecified atom stereocenters. The monoisotopic (exact) mass is 466 g/mol. The Labute approximate surface area is 197 Å². The molecule has 1 saturated heterocycles. The fourth-order valence-electron chi connectivity index (χ4n) is 4.01. The van der Waals surface area contributed by atoms with Gasteiger partial charge < -0.3 is 19.1 Å². The van der Waals surface area contributed by atoms with Crippen LogP contribution >= 0.6 is 11.8 Å². The molecule has 1 aromatic heterocycles. The second-order valence-electron chi connectivity index (χ2n) is 7.91. The van der Waals surface area contributed by atoms with Crippen molar-refractivity contribution in [3.63, 3.8) is 0 Å². The lowest BCUT2D eigenvalue weighted by atomic mass is 10.1. The van der Waals surface area contributed by atoms with E-state index in [9.17, 15) is 4.79 Å². The van der Waals surface area contributed by atoms with E-state index in [2.05, 4.69) is 16.0 Å². The fourth-order valence-corrected chi connectivity index (χ4v) is 4.88. The van der Waals surface area contributed by atoms with Crippen LogP contribution in [-0.2, 0) is 11.3 Å². The van der Waals surface area contributed by atoms with Crippen LogP contribution in [0.1, 0.15) is 5.56 Å². The molecule has 2 aliphatic heterocycles. The maximum atomic E-state index is 12.8. The summed E-state index contributed by atoms with van der Waals surface area (Å²) in [4.78, 5) is 21.6. The van der Waals surface area contributed by atoms with Crippen LogP contribution in [0, 0.1) is 0 Å². The van der Waals surface area contributed by atoms with Gasteiger partial charge in [-0.15, -0.1) is 0 Å². The maximum absolute atomic E-state index is 12.8. The van der Waals surface area contributed by atoms with Crippen molar-refractivity contribution in [1.29, 1.82) is 0 Å². The number of hydrogen-bond donors (Lipinski definition) is 0. The van der Waals surface area contributed by atoms with E-state index in [0.717, 1.165) is 60.8 Å². The Morgan fingerprint density at radius 3 is 2.64 bits per heavy atom. The van der Waals surface area contributed by atoms with Crippen LogP contribution in [0.3, 0.4) is 0 Å². The second kappa shape index (κ2) is 9.76. The Kier molecular flexibility index (Phi) is 6.41. The lowest BCUT2D eigenvalue weighted by molar-refractivity contribution is -0.130. The Balaban J connectivity index is 1.11. The molecule has 2 aromatic carbocycles. The standard InChI is InChI=1S/C24H26N4O4S/c1-30-20-5-3-19(4-6-20)28-9-8-25-24(28)33-16-23(29)27-12-10-26(11-13-27)15-18-2-7-21-22(14-18)32-17-31-21/h2-9,14H,10-13,15-17H2,1H3. The summed E-state index contributed by atoms with van der Waals surface area (Å²) in [5, 5.41) is 0.801. The minimum absolute atomic E-state index is 0.145. The van der Waals surface area contributed by atoms with E-state index in [0.29, 0.717) is 5.75 Å². The highest BCUT2D eigenvalue weighted by molar-refractivity contribution is 7.99. The van der Waals surface area contributed by atoms with Gasteiger partial charge in [-0.05, 0) is 42.0 Å². The largest absolute Gasteiger partial charge is 0.497 e. The van der Waals surface area contributed by atoms with Crippen molar-refractivity contribution in [3.05, 3.63) is 60.4 Å². The van der Waals surface area contributed by atoms with Crippen LogP contribution in [0.25, 0.3) is 5.69 Å². The zero-order valence-electron chi connectivity index (χ0n) is 18.5. The number of benzene rings is 2. The Hall–Kier alpha value is -3.17. The molecule has 0 bridgehead atoms. The minimum atomic E-state index is 0.145. The van der Waals surface area contributed by atoms with Gasteiger partial charge in [-0.1, -0.05) is 17.8 Å². The van der Waals surface area contributed by atoms with Crippen molar-refractivity contribution >= 4 is 17.7 Å². The number of hydrogen-bond acceptors (Lipinski definition) is 7. The van der Waals surface area contributed by atoms with Crippen molar-refractivity contribution in [2.75, 3.05) is 45.8 Å². The first-order valence-electron chi connectivity index (χ1n) is 10.9. The lowest BCUT2D eigenvalue weighted by Crippen LogP contribution is -2.48. The molecule has 3 heterocycles. The number of aromatic nitrogens is 2. The van der Waals surface area contributed by atoms with E-state index in [1.165, 1.54) is 17.3 Å². The number of amides is 1. The number of piperazine rings is 1. The molecule has 1 amide bonds. The Morgan fingerprint density at radius 2 is 1.85 bits per heavy atom. The molecule has 8 nitrogen and oxygen atoms in total. The molecule has 2 aliphatic rings. The highest BCUT2D eigenvalue weighted by atomic mass is 32.2. The first-order valence-corrected chi connectivity index (χ1v) is 11.9. The van der Waals surface area contributed by atoms with E-state index < -0.39 is 0 Å². The summed E-state index contributed by atoms with van der Waals surface area (Å²) in [7, 11) is 1.65. The number of imidazole rings is 1. The molecule has 0 radical (unpaired) electrons. The minimum Gasteiger partial charge on any atom is -0.497 e. The summed E-state index contributed by atoms with van der Waals surface area (Å²) in [6, 6.07) is 13.9. The molecule has 0 aliphatic carbocycles. The fraction of sp³-hybridized carbons (Fsp3) is 0.333. The molecular formula is C24H26N4O4S. The summed E-state index contributed by atoms with van der Waals surface area (Å²) in [5.74, 6) is 2.94. The number of rotatable bonds is 7. The third kappa shape index (κ3) is 4.94. The van der Waals surface area contributed by atoms with E-state index in [1.807, 2.05) is 52.1 Å². The van der Waals surface area contributed by atoms with Crippen LogP contribution in [0.15, 0.2) is 60.0 Å². The molecular weight excluding hydrogens is 440 g/mol. The number of nitrogens with zero attached hydrogens (tertiary/aromatic N) is 4. The molecule has 172 valence electrons. The van der Waals surface area contributed by atoms with Gasteiger partial charge in [0.1, 0.15) is 5.75 Å². The highest BCUT2D eigenvalue weighted by Gasteiger charge is 2.22. The van der Waals surface area contributed by atoms with Gasteiger partial charge in [0.05, 0.1) is 12.9 Å². The van der Waals surface area contributed by atoms with Crippen LogP contribution in [-0.4, -0.2) is 71.1 Å². The quantitative estimate of drug-likeness (QED) is 0.496. The molecule has 0 spiro atoms. The smallest absolute Gasteiger partial charge is 0.233 e. The molecule has 0 N–H and O–H groups in total. The van der Waals surface area contributed by atoms with Crippen molar-refractivity contribution < 1.29 is 19.0 Å². The van der Waals surface area contributed by atoms with E-state index >= 15 is 0 Å². The Morgan fingerprint density at radius 1 is 1.06 bits per heavy atom. The first kappa shape index (κ1) is 21.7. The normalized spacial score (nSPS) is 15.6. The zero-order valence-corrected chi connectivity index (χ0v) is 19.3. The number of ether oxygens (including phenoxy) is 3. The van der Waals surface area contributed by atoms with Crippen molar-refractivity contribution in [3.8, 4) is 22.9 Å². The maximum Gasteiger partial charge on any atom is 0.233 e. The highest BCUT2D eigenvalue weighted by Crippen LogP contribution is 2.33. The number of fused-ring (bicyclic) bond motifs is 1. The third-order valence-corrected chi connectivity index (χ3v) is 6.80. The predicted octanol–water partition coefficient (Wildman–Crippen LogP) is 3.05. The number of carbonyl (C=O) groups excluding carboxylic acids is 1. The van der Waals surface area contributed by atoms with Crippen LogP contribution in [0.2, 0.25) is 0 Å². The molecule has 5 rings (SSSR count). The summed E-state index contributed by atoms with van der Waals surface area (Å²) < 4.78 is 18.1. The van der Waals surface area contributed by atoms with Crippen LogP contribution < -0.4 is 14.2 Å². The van der Waals surface area contributed by atoms with Gasteiger partial charge in [-0.3, -0.25) is 14.3 Å². The van der Waals surface area contributed by atoms with E-state index in [-0.39, 0.29) is 12.7 Å². The van der Waals surface area contributed by atoms with Gasteiger partial charge in [0, 0.05) is 50.8 Å².